The average molecular weight is 944 g/mol. The number of aliphatic hydroxyl groups is 5. The molecule has 9 heteroatoms. The van der Waals surface area contributed by atoms with Crippen molar-refractivity contribution in [3.05, 3.63) is 60.8 Å². The quantitative estimate of drug-likeness (QED) is 0.0261. The highest BCUT2D eigenvalue weighted by Gasteiger charge is 2.44. The van der Waals surface area contributed by atoms with Crippen LogP contribution < -0.4 is 5.32 Å². The van der Waals surface area contributed by atoms with E-state index in [-0.39, 0.29) is 12.5 Å². The van der Waals surface area contributed by atoms with Crippen molar-refractivity contribution >= 4 is 5.91 Å². The second-order valence-electron chi connectivity index (χ2n) is 19.4. The Bertz CT molecular complexity index is 1230. The third kappa shape index (κ3) is 37.4. The summed E-state index contributed by atoms with van der Waals surface area (Å²) in [5.74, 6) is -0.188. The first kappa shape index (κ1) is 62.9. The van der Waals surface area contributed by atoms with Crippen molar-refractivity contribution in [2.75, 3.05) is 13.2 Å². The van der Waals surface area contributed by atoms with Crippen LogP contribution in [0.1, 0.15) is 245 Å². The number of amides is 1. The summed E-state index contributed by atoms with van der Waals surface area (Å²) in [4.78, 5) is 13.0. The Labute approximate surface area is 411 Å². The van der Waals surface area contributed by atoms with Crippen LogP contribution in [0, 0.1) is 0 Å². The number of hydrogen-bond donors (Lipinski definition) is 6. The third-order valence-corrected chi connectivity index (χ3v) is 13.1. The molecule has 1 fully saturated rings. The van der Waals surface area contributed by atoms with Crippen LogP contribution in [-0.2, 0) is 14.3 Å². The largest absolute Gasteiger partial charge is 0.394 e. The van der Waals surface area contributed by atoms with Crippen LogP contribution in [0.5, 0.6) is 0 Å². The predicted molar refractivity (Wildman–Crippen MR) is 281 cm³/mol. The maximum Gasteiger partial charge on any atom is 0.220 e. The zero-order valence-corrected chi connectivity index (χ0v) is 43.1. The minimum absolute atomic E-state index is 0.188. The molecule has 7 unspecified atom stereocenters. The van der Waals surface area contributed by atoms with Gasteiger partial charge in [-0.3, -0.25) is 4.79 Å². The third-order valence-electron chi connectivity index (χ3n) is 13.1. The van der Waals surface area contributed by atoms with Crippen molar-refractivity contribution in [3.63, 3.8) is 0 Å². The van der Waals surface area contributed by atoms with Gasteiger partial charge in [-0.25, -0.2) is 0 Å². The first-order chi connectivity index (χ1) is 32.8. The van der Waals surface area contributed by atoms with Crippen molar-refractivity contribution in [2.24, 2.45) is 0 Å². The van der Waals surface area contributed by atoms with Gasteiger partial charge in [0.25, 0.3) is 0 Å². The van der Waals surface area contributed by atoms with Crippen LogP contribution in [0.15, 0.2) is 60.8 Å². The van der Waals surface area contributed by atoms with Crippen molar-refractivity contribution in [3.8, 4) is 0 Å². The Balaban J connectivity index is 2.11. The Hall–Kier alpha value is -2.11. The molecule has 6 N–H and O–H groups in total. The number of carbonyl (C=O) groups is 1. The van der Waals surface area contributed by atoms with Crippen LogP contribution in [0.3, 0.4) is 0 Å². The number of aliphatic hydroxyl groups excluding tert-OH is 5. The van der Waals surface area contributed by atoms with E-state index in [0.29, 0.717) is 6.42 Å². The summed E-state index contributed by atoms with van der Waals surface area (Å²) in [6.45, 7) is 3.72. The maximum absolute atomic E-state index is 13.0. The summed E-state index contributed by atoms with van der Waals surface area (Å²) in [6.07, 6.45) is 57.4. The normalized spacial score (nSPS) is 20.1. The van der Waals surface area contributed by atoms with E-state index in [9.17, 15) is 30.3 Å². The van der Waals surface area contributed by atoms with Crippen LogP contribution in [0.2, 0.25) is 0 Å². The highest BCUT2D eigenvalue weighted by molar-refractivity contribution is 5.76. The fourth-order valence-electron chi connectivity index (χ4n) is 8.59. The summed E-state index contributed by atoms with van der Waals surface area (Å²) in [5.41, 5.74) is 0. The van der Waals surface area contributed by atoms with E-state index < -0.39 is 49.5 Å². The molecule has 67 heavy (non-hydrogen) atoms. The van der Waals surface area contributed by atoms with Gasteiger partial charge in [0.15, 0.2) is 6.29 Å². The topological polar surface area (TPSA) is 149 Å². The van der Waals surface area contributed by atoms with E-state index in [1.807, 2.05) is 6.08 Å². The van der Waals surface area contributed by atoms with Crippen molar-refractivity contribution in [1.29, 1.82) is 0 Å². The summed E-state index contributed by atoms with van der Waals surface area (Å²) < 4.78 is 11.2. The zero-order chi connectivity index (χ0) is 48.7. The van der Waals surface area contributed by atoms with Crippen LogP contribution in [-0.4, -0.2) is 87.5 Å². The van der Waals surface area contributed by atoms with E-state index in [1.54, 1.807) is 6.08 Å². The molecular formula is C58H105NO8. The number of ether oxygens (including phenoxy) is 2. The SMILES string of the molecule is CCCCCCC/C=C\C/C=C\C/C=C\CCCCCCCCCCCCCCCCCCCCC(=O)NC(COC1OC(CO)C(O)C(O)C1O)C(O)/C=C/CC/C=C/CCCCCCC. The lowest BCUT2D eigenvalue weighted by molar-refractivity contribution is -0.302. The summed E-state index contributed by atoms with van der Waals surface area (Å²) in [7, 11) is 0. The fourth-order valence-corrected chi connectivity index (χ4v) is 8.59. The molecule has 0 radical (unpaired) electrons. The first-order valence-electron chi connectivity index (χ1n) is 28.0. The summed E-state index contributed by atoms with van der Waals surface area (Å²) in [6, 6.07) is -0.821. The molecule has 0 aromatic rings. The first-order valence-corrected chi connectivity index (χ1v) is 28.0. The second kappa shape index (κ2) is 47.6. The zero-order valence-electron chi connectivity index (χ0n) is 43.1. The molecule has 1 saturated heterocycles. The number of carbonyl (C=O) groups excluding carboxylic acids is 1. The standard InChI is InChI=1S/C58H105NO8/c1-3-5-7-9-11-13-15-16-17-18-19-20-21-22-23-24-25-26-27-28-29-30-31-32-33-34-35-36-38-40-42-44-46-48-54(62)59-51(50-66-58-57(65)56(64)55(63)53(49-60)67-58)52(61)47-45-43-41-39-37-14-12-10-8-6-4-2/h15-16,18-19,21-22,37,39,45,47,51-53,55-58,60-61,63-65H,3-14,17,20,23-36,38,40-44,46,48-50H2,1-2H3,(H,59,62)/b16-15-,19-18-,22-21-,39-37+,47-45+. The molecular weight excluding hydrogens is 839 g/mol. The van der Waals surface area contributed by atoms with E-state index in [2.05, 4.69) is 67.8 Å². The number of unbranched alkanes of at least 4 members (excludes halogenated alkanes) is 29. The lowest BCUT2D eigenvalue weighted by Crippen LogP contribution is -2.60. The van der Waals surface area contributed by atoms with E-state index in [0.717, 1.165) is 51.4 Å². The lowest BCUT2D eigenvalue weighted by atomic mass is 9.99. The average Bonchev–Trinajstić information content (AvgIpc) is 3.33. The molecule has 0 bridgehead atoms. The van der Waals surface area contributed by atoms with E-state index in [4.69, 9.17) is 9.47 Å². The van der Waals surface area contributed by atoms with Crippen molar-refractivity contribution in [2.45, 2.75) is 288 Å². The Kier molecular flexibility index (Phi) is 44.7. The Morgan fingerprint density at radius 2 is 0.896 bits per heavy atom. The molecule has 1 rings (SSSR count). The molecule has 0 aliphatic carbocycles. The van der Waals surface area contributed by atoms with Gasteiger partial charge in [-0.1, -0.05) is 229 Å². The molecule has 7 atom stereocenters. The maximum atomic E-state index is 13.0. The number of rotatable bonds is 47. The molecule has 1 aliphatic heterocycles. The minimum Gasteiger partial charge on any atom is -0.394 e. The van der Waals surface area contributed by atoms with Gasteiger partial charge in [-0.2, -0.15) is 0 Å². The molecule has 1 aliphatic rings. The van der Waals surface area contributed by atoms with Crippen molar-refractivity contribution in [1.82, 2.24) is 5.32 Å². The summed E-state index contributed by atoms with van der Waals surface area (Å²) >= 11 is 0. The van der Waals surface area contributed by atoms with Crippen LogP contribution >= 0.6 is 0 Å². The van der Waals surface area contributed by atoms with Gasteiger partial charge in [-0.05, 0) is 70.6 Å². The fraction of sp³-hybridized carbons (Fsp3) is 0.810. The van der Waals surface area contributed by atoms with Crippen LogP contribution in [0.25, 0.3) is 0 Å². The highest BCUT2D eigenvalue weighted by Crippen LogP contribution is 2.23. The Morgan fingerprint density at radius 1 is 0.507 bits per heavy atom. The molecule has 1 heterocycles. The molecule has 0 saturated carbocycles. The van der Waals surface area contributed by atoms with Gasteiger partial charge in [-0.15, -0.1) is 0 Å². The molecule has 0 spiro atoms. The molecule has 1 amide bonds. The molecule has 390 valence electrons. The smallest absolute Gasteiger partial charge is 0.220 e. The molecule has 0 aromatic carbocycles. The van der Waals surface area contributed by atoms with Gasteiger partial charge in [0.05, 0.1) is 25.4 Å². The molecule has 9 nitrogen and oxygen atoms in total. The lowest BCUT2D eigenvalue weighted by Gasteiger charge is -2.40. The van der Waals surface area contributed by atoms with Crippen molar-refractivity contribution < 1.29 is 39.8 Å². The van der Waals surface area contributed by atoms with Gasteiger partial charge < -0.3 is 40.3 Å². The van der Waals surface area contributed by atoms with Gasteiger partial charge >= 0.3 is 0 Å². The highest BCUT2D eigenvalue weighted by atomic mass is 16.7. The summed E-state index contributed by atoms with van der Waals surface area (Å²) in [5, 5.41) is 54.2. The van der Waals surface area contributed by atoms with Crippen LogP contribution in [0.4, 0.5) is 0 Å². The number of allylic oxidation sites excluding steroid dienone is 9. The Morgan fingerprint density at radius 3 is 1.36 bits per heavy atom. The predicted octanol–water partition coefficient (Wildman–Crippen LogP) is 13.5. The number of hydrogen-bond acceptors (Lipinski definition) is 8. The second-order valence-corrected chi connectivity index (χ2v) is 19.4. The van der Waals surface area contributed by atoms with Gasteiger partial charge in [0.2, 0.25) is 5.91 Å². The van der Waals surface area contributed by atoms with Gasteiger partial charge in [0, 0.05) is 6.42 Å². The monoisotopic (exact) mass is 944 g/mol. The minimum atomic E-state index is -1.57. The van der Waals surface area contributed by atoms with Gasteiger partial charge in [0.1, 0.15) is 24.4 Å². The van der Waals surface area contributed by atoms with E-state index >= 15 is 0 Å². The van der Waals surface area contributed by atoms with E-state index in [1.165, 1.54) is 173 Å². The number of nitrogens with one attached hydrogen (secondary N) is 1. The molecule has 0 aromatic heterocycles.